The predicted molar refractivity (Wildman–Crippen MR) is 127 cm³/mol. The van der Waals surface area contributed by atoms with E-state index in [1.54, 1.807) is 7.11 Å². The summed E-state index contributed by atoms with van der Waals surface area (Å²) in [6.45, 7) is 6.69. The van der Waals surface area contributed by atoms with Gasteiger partial charge in [0, 0.05) is 35.1 Å². The third-order valence-corrected chi connectivity index (χ3v) is 7.57. The van der Waals surface area contributed by atoms with Crippen LogP contribution in [-0.2, 0) is 0 Å². The van der Waals surface area contributed by atoms with Gasteiger partial charge in [-0.1, -0.05) is 24.8 Å². The summed E-state index contributed by atoms with van der Waals surface area (Å²) < 4.78 is 7.69. The molecule has 31 heavy (non-hydrogen) atoms. The molecule has 0 radical (unpaired) electrons. The van der Waals surface area contributed by atoms with Gasteiger partial charge in [0.15, 0.2) is 5.17 Å². The number of ether oxygens (including phenoxy) is 1. The molecule has 2 aliphatic heterocycles. The Balaban J connectivity index is 1.61. The second kappa shape index (κ2) is 8.08. The van der Waals surface area contributed by atoms with E-state index in [0.29, 0.717) is 6.04 Å². The molecule has 2 aliphatic rings. The first-order valence-electron chi connectivity index (χ1n) is 10.9. The molecule has 4 heterocycles. The fourth-order valence-electron chi connectivity index (χ4n) is 4.90. The molecule has 0 unspecified atom stereocenters. The third-order valence-electron chi connectivity index (χ3n) is 6.45. The van der Waals surface area contributed by atoms with Crippen LogP contribution < -0.4 is 4.74 Å². The van der Waals surface area contributed by atoms with Gasteiger partial charge in [-0.25, -0.2) is 0 Å². The first kappa shape index (κ1) is 20.2. The number of benzene rings is 1. The maximum Gasteiger partial charge on any atom is 0.160 e. The predicted octanol–water partition coefficient (Wildman–Crippen LogP) is 5.48. The summed E-state index contributed by atoms with van der Waals surface area (Å²) in [6.07, 6.45) is 3.00. The molecule has 0 amide bonds. The largest absolute Gasteiger partial charge is 0.497 e. The maximum atomic E-state index is 5.35. The molecule has 5 nitrogen and oxygen atoms in total. The minimum absolute atomic E-state index is 0.0165. The highest BCUT2D eigenvalue weighted by molar-refractivity contribution is 8.14. The van der Waals surface area contributed by atoms with Crippen molar-refractivity contribution < 1.29 is 4.74 Å². The van der Waals surface area contributed by atoms with Crippen molar-refractivity contribution in [3.63, 3.8) is 0 Å². The van der Waals surface area contributed by atoms with Gasteiger partial charge in [0.2, 0.25) is 0 Å². The van der Waals surface area contributed by atoms with Crippen LogP contribution in [0.4, 0.5) is 0 Å². The molecule has 1 fully saturated rings. The van der Waals surface area contributed by atoms with Gasteiger partial charge < -0.3 is 14.2 Å². The Hall–Kier alpha value is -2.73. The van der Waals surface area contributed by atoms with Crippen molar-refractivity contribution in [2.75, 3.05) is 12.9 Å². The first-order valence-corrected chi connectivity index (χ1v) is 11.8. The van der Waals surface area contributed by atoms with Crippen molar-refractivity contribution >= 4 is 16.9 Å². The molecule has 0 N–H and O–H groups in total. The van der Waals surface area contributed by atoms with Crippen molar-refractivity contribution in [1.82, 2.24) is 14.5 Å². The fraction of sp³-hybridized carbons (Fsp3) is 0.360. The molecule has 0 spiro atoms. The highest BCUT2D eigenvalue weighted by Crippen LogP contribution is 2.49. The van der Waals surface area contributed by atoms with Crippen LogP contribution in [0, 0.1) is 13.8 Å². The number of aliphatic imine (C=N–C) groups is 1. The molecule has 0 saturated carbocycles. The molecule has 0 bridgehead atoms. The molecule has 5 rings (SSSR count). The molecular formula is C25H28N4OS. The van der Waals surface area contributed by atoms with Crippen LogP contribution in [0.25, 0.3) is 5.69 Å². The lowest BCUT2D eigenvalue weighted by Crippen LogP contribution is -2.35. The quantitative estimate of drug-likeness (QED) is 0.536. The van der Waals surface area contributed by atoms with Gasteiger partial charge in [-0.3, -0.25) is 9.98 Å². The standard InChI is InChI=1S/C25H28N4OS/c1-5-18-15-31-25-27-23(22-8-6-7-13-26-22)24(29(18)25)21-14-16(2)28(17(21)3)19-9-11-20(30-4)12-10-19/h6-14,18,23-24H,5,15H2,1-4H3/t18-,23+,24-/m1/s1. The Bertz CT molecular complexity index is 1110. The fourth-order valence-corrected chi connectivity index (χ4v) is 6.24. The van der Waals surface area contributed by atoms with Gasteiger partial charge >= 0.3 is 0 Å². The number of hydrogen-bond acceptors (Lipinski definition) is 5. The maximum absolute atomic E-state index is 5.35. The van der Waals surface area contributed by atoms with E-state index >= 15 is 0 Å². The number of rotatable bonds is 5. The summed E-state index contributed by atoms with van der Waals surface area (Å²) >= 11 is 1.89. The van der Waals surface area contributed by atoms with Crippen molar-refractivity contribution in [3.8, 4) is 11.4 Å². The Kier molecular flexibility index (Phi) is 5.26. The number of thioether (sulfide) groups is 1. The van der Waals surface area contributed by atoms with E-state index in [1.165, 1.54) is 22.1 Å². The molecule has 160 valence electrons. The Morgan fingerprint density at radius 1 is 1.13 bits per heavy atom. The van der Waals surface area contributed by atoms with E-state index in [-0.39, 0.29) is 12.1 Å². The van der Waals surface area contributed by atoms with Gasteiger partial charge in [0.05, 0.1) is 18.8 Å². The van der Waals surface area contributed by atoms with Crippen LogP contribution in [0.15, 0.2) is 59.7 Å². The number of aryl methyl sites for hydroxylation is 1. The molecule has 1 saturated heterocycles. The number of nitrogens with zero attached hydrogens (tertiary/aromatic N) is 4. The van der Waals surface area contributed by atoms with Crippen LogP contribution >= 0.6 is 11.8 Å². The number of fused-ring (bicyclic) bond motifs is 1. The Labute approximate surface area is 188 Å². The van der Waals surface area contributed by atoms with Crippen LogP contribution in [0.5, 0.6) is 5.75 Å². The summed E-state index contributed by atoms with van der Waals surface area (Å²) in [6, 6.07) is 17.5. The lowest BCUT2D eigenvalue weighted by atomic mass is 9.95. The molecule has 3 aromatic rings. The molecule has 1 aromatic carbocycles. The zero-order valence-corrected chi connectivity index (χ0v) is 19.3. The van der Waals surface area contributed by atoms with E-state index in [4.69, 9.17) is 9.73 Å². The van der Waals surface area contributed by atoms with E-state index in [1.807, 2.05) is 36.2 Å². The number of amidine groups is 1. The number of methoxy groups -OCH3 is 1. The average molecular weight is 433 g/mol. The highest BCUT2D eigenvalue weighted by atomic mass is 32.2. The minimum atomic E-state index is 0.0165. The minimum Gasteiger partial charge on any atom is -0.497 e. The summed E-state index contributed by atoms with van der Waals surface area (Å²) in [5, 5.41) is 1.17. The molecule has 6 heteroatoms. The van der Waals surface area contributed by atoms with E-state index < -0.39 is 0 Å². The van der Waals surface area contributed by atoms with Crippen molar-refractivity contribution in [2.45, 2.75) is 45.3 Å². The number of aromatic nitrogens is 2. The Morgan fingerprint density at radius 3 is 2.61 bits per heavy atom. The van der Waals surface area contributed by atoms with Gasteiger partial charge in [-0.15, -0.1) is 0 Å². The van der Waals surface area contributed by atoms with Gasteiger partial charge in [0.25, 0.3) is 0 Å². The van der Waals surface area contributed by atoms with Crippen molar-refractivity contribution in [3.05, 3.63) is 77.4 Å². The summed E-state index contributed by atoms with van der Waals surface area (Å²) in [5.41, 5.74) is 6.02. The lowest BCUT2D eigenvalue weighted by Gasteiger charge is -2.32. The van der Waals surface area contributed by atoms with Crippen LogP contribution in [0.3, 0.4) is 0 Å². The normalized spacial score (nSPS) is 22.5. The summed E-state index contributed by atoms with van der Waals surface area (Å²) in [7, 11) is 1.70. The van der Waals surface area contributed by atoms with Crippen molar-refractivity contribution in [2.24, 2.45) is 4.99 Å². The first-order chi connectivity index (χ1) is 15.1. The van der Waals surface area contributed by atoms with E-state index in [9.17, 15) is 0 Å². The van der Waals surface area contributed by atoms with Crippen molar-refractivity contribution in [1.29, 1.82) is 0 Å². The van der Waals surface area contributed by atoms with Gasteiger partial charge in [-0.2, -0.15) is 0 Å². The monoisotopic (exact) mass is 432 g/mol. The SMILES string of the molecule is CC[C@@H]1CSC2=N[C@@H](c3ccccn3)[C@@H](c3cc(C)n(-c4ccc(OC)cc4)c3C)N21. The molecule has 0 aliphatic carbocycles. The van der Waals surface area contributed by atoms with E-state index in [2.05, 4.69) is 65.6 Å². The van der Waals surface area contributed by atoms with Gasteiger partial charge in [-0.05, 0) is 68.3 Å². The summed E-state index contributed by atoms with van der Waals surface area (Å²) in [4.78, 5) is 12.4. The lowest BCUT2D eigenvalue weighted by molar-refractivity contribution is 0.254. The topological polar surface area (TPSA) is 42.6 Å². The third kappa shape index (κ3) is 3.33. The second-order valence-electron chi connectivity index (χ2n) is 8.20. The highest BCUT2D eigenvalue weighted by Gasteiger charge is 2.46. The van der Waals surface area contributed by atoms with E-state index in [0.717, 1.165) is 29.3 Å². The smallest absolute Gasteiger partial charge is 0.160 e. The summed E-state index contributed by atoms with van der Waals surface area (Å²) in [5.74, 6) is 1.98. The second-order valence-corrected chi connectivity index (χ2v) is 9.18. The Morgan fingerprint density at radius 2 is 1.94 bits per heavy atom. The zero-order valence-electron chi connectivity index (χ0n) is 18.4. The number of pyridine rings is 1. The van der Waals surface area contributed by atoms with Crippen LogP contribution in [0.2, 0.25) is 0 Å². The van der Waals surface area contributed by atoms with Crippen LogP contribution in [0.1, 0.15) is 48.1 Å². The zero-order chi connectivity index (χ0) is 21.5. The molecule has 2 aromatic heterocycles. The van der Waals surface area contributed by atoms with Gasteiger partial charge in [0.1, 0.15) is 11.8 Å². The van der Waals surface area contributed by atoms with Crippen LogP contribution in [-0.4, -0.2) is 38.5 Å². The molecular weight excluding hydrogens is 404 g/mol. The average Bonchev–Trinajstić information content (AvgIpc) is 3.46. The number of hydrogen-bond donors (Lipinski definition) is 0. The molecule has 3 atom stereocenters.